The summed E-state index contributed by atoms with van der Waals surface area (Å²) in [6, 6.07) is 5.35. The van der Waals surface area contributed by atoms with Gasteiger partial charge in [-0.15, -0.1) is 0 Å². The minimum atomic E-state index is 0.109. The van der Waals surface area contributed by atoms with Crippen LogP contribution in [0.3, 0.4) is 0 Å². The van der Waals surface area contributed by atoms with Gasteiger partial charge in [-0.3, -0.25) is 5.43 Å². The molecule has 3 N–H and O–H groups in total. The van der Waals surface area contributed by atoms with Crippen molar-refractivity contribution in [2.75, 3.05) is 6.61 Å². The summed E-state index contributed by atoms with van der Waals surface area (Å²) >= 11 is 10.6. The maximum atomic E-state index is 5.93. The summed E-state index contributed by atoms with van der Waals surface area (Å²) in [6.07, 6.45) is 1.57. The zero-order chi connectivity index (χ0) is 13.5. The number of rotatable bonds is 5. The lowest BCUT2D eigenvalue weighted by Gasteiger charge is -2.11. The van der Waals surface area contributed by atoms with E-state index in [1.807, 2.05) is 6.07 Å². The van der Waals surface area contributed by atoms with Crippen molar-refractivity contribution >= 4 is 35.1 Å². The predicted octanol–water partition coefficient (Wildman–Crippen LogP) is 2.54. The Balaban J connectivity index is 2.82. The predicted molar refractivity (Wildman–Crippen MR) is 79.3 cm³/mol. The number of nitrogens with one attached hydrogen (secondary N) is 1. The number of hydrazone groups is 1. The topological polar surface area (TPSA) is 59.6 Å². The van der Waals surface area contributed by atoms with Crippen LogP contribution in [0.4, 0.5) is 0 Å². The molecule has 4 nitrogen and oxygen atoms in total. The molecule has 0 radical (unpaired) electrons. The number of thiocarbonyl (C=S) groups is 1. The Morgan fingerprint density at radius 1 is 1.61 bits per heavy atom. The highest BCUT2D eigenvalue weighted by atomic mass is 35.5. The quantitative estimate of drug-likeness (QED) is 0.496. The SMILES string of the molecule is CC(C)COc1ccc(Cl)cc1C=NNC(N)=S. The van der Waals surface area contributed by atoms with Crippen LogP contribution in [-0.2, 0) is 0 Å². The molecular formula is C12H16ClN3OS. The lowest BCUT2D eigenvalue weighted by molar-refractivity contribution is 0.270. The number of benzene rings is 1. The first-order chi connectivity index (χ1) is 8.49. The monoisotopic (exact) mass is 285 g/mol. The van der Waals surface area contributed by atoms with Crippen molar-refractivity contribution in [3.8, 4) is 5.75 Å². The van der Waals surface area contributed by atoms with E-state index in [9.17, 15) is 0 Å². The van der Waals surface area contributed by atoms with Gasteiger partial charge in [-0.2, -0.15) is 5.10 Å². The average molecular weight is 286 g/mol. The van der Waals surface area contributed by atoms with Gasteiger partial charge < -0.3 is 10.5 Å². The second-order valence-electron chi connectivity index (χ2n) is 4.12. The van der Waals surface area contributed by atoms with Gasteiger partial charge in [-0.25, -0.2) is 0 Å². The average Bonchev–Trinajstić information content (AvgIpc) is 2.27. The van der Waals surface area contributed by atoms with E-state index < -0.39 is 0 Å². The molecule has 0 atom stereocenters. The van der Waals surface area contributed by atoms with E-state index in [4.69, 9.17) is 22.1 Å². The summed E-state index contributed by atoms with van der Waals surface area (Å²) in [5.74, 6) is 1.17. The van der Waals surface area contributed by atoms with Crippen molar-refractivity contribution in [2.24, 2.45) is 16.8 Å². The Morgan fingerprint density at radius 3 is 2.94 bits per heavy atom. The van der Waals surface area contributed by atoms with Gasteiger partial charge in [-0.1, -0.05) is 25.4 Å². The Kier molecular flexibility index (Phi) is 5.88. The summed E-state index contributed by atoms with van der Waals surface area (Å²) in [6.45, 7) is 4.79. The Labute approximate surface area is 117 Å². The minimum Gasteiger partial charge on any atom is -0.493 e. The molecule has 0 spiro atoms. The second kappa shape index (κ2) is 7.18. The highest BCUT2D eigenvalue weighted by Crippen LogP contribution is 2.21. The molecule has 0 saturated carbocycles. The number of nitrogens with two attached hydrogens (primary N) is 1. The Hall–Kier alpha value is -1.33. The molecule has 1 aromatic rings. The Morgan fingerprint density at radius 2 is 2.33 bits per heavy atom. The standard InChI is InChI=1S/C12H16ClN3OS/c1-8(2)7-17-11-4-3-10(13)5-9(11)6-15-16-12(14)18/h3-6,8H,7H2,1-2H3,(H3,14,16,18). The molecule has 1 rings (SSSR count). The Bertz CT molecular complexity index is 449. The van der Waals surface area contributed by atoms with E-state index in [2.05, 4.69) is 36.6 Å². The van der Waals surface area contributed by atoms with Crippen LogP contribution in [0.25, 0.3) is 0 Å². The highest BCUT2D eigenvalue weighted by molar-refractivity contribution is 7.80. The van der Waals surface area contributed by atoms with Crippen LogP contribution in [0.1, 0.15) is 19.4 Å². The van der Waals surface area contributed by atoms with Crippen molar-refractivity contribution < 1.29 is 4.74 Å². The van der Waals surface area contributed by atoms with E-state index >= 15 is 0 Å². The van der Waals surface area contributed by atoms with Crippen molar-refractivity contribution in [2.45, 2.75) is 13.8 Å². The molecule has 1 aromatic carbocycles. The van der Waals surface area contributed by atoms with Gasteiger partial charge >= 0.3 is 0 Å². The zero-order valence-electron chi connectivity index (χ0n) is 10.3. The molecule has 0 saturated heterocycles. The van der Waals surface area contributed by atoms with Crippen LogP contribution in [0.5, 0.6) is 5.75 Å². The lowest BCUT2D eigenvalue weighted by atomic mass is 10.2. The first-order valence-electron chi connectivity index (χ1n) is 5.50. The van der Waals surface area contributed by atoms with Gasteiger partial charge in [0, 0.05) is 10.6 Å². The third-order valence-electron chi connectivity index (χ3n) is 1.92. The summed E-state index contributed by atoms with van der Waals surface area (Å²) in [5, 5.41) is 4.61. The molecule has 0 unspecified atom stereocenters. The van der Waals surface area contributed by atoms with E-state index in [1.165, 1.54) is 0 Å². The number of hydrogen-bond donors (Lipinski definition) is 2. The van der Waals surface area contributed by atoms with Gasteiger partial charge in [0.15, 0.2) is 5.11 Å². The largest absolute Gasteiger partial charge is 0.493 e. The molecule has 0 heterocycles. The zero-order valence-corrected chi connectivity index (χ0v) is 11.9. The summed E-state index contributed by atoms with van der Waals surface area (Å²) in [5.41, 5.74) is 8.53. The number of halogens is 1. The van der Waals surface area contributed by atoms with E-state index in [0.717, 1.165) is 11.3 Å². The maximum Gasteiger partial charge on any atom is 0.184 e. The lowest BCUT2D eigenvalue weighted by Crippen LogP contribution is -2.24. The fourth-order valence-electron chi connectivity index (χ4n) is 1.17. The fraction of sp³-hybridized carbons (Fsp3) is 0.333. The van der Waals surface area contributed by atoms with Crippen LogP contribution in [0.15, 0.2) is 23.3 Å². The minimum absolute atomic E-state index is 0.109. The van der Waals surface area contributed by atoms with Crippen LogP contribution in [-0.4, -0.2) is 17.9 Å². The smallest absolute Gasteiger partial charge is 0.184 e. The van der Waals surface area contributed by atoms with Gasteiger partial charge in [0.05, 0.1) is 12.8 Å². The van der Waals surface area contributed by atoms with E-state index in [1.54, 1.807) is 18.3 Å². The van der Waals surface area contributed by atoms with Gasteiger partial charge in [0.25, 0.3) is 0 Å². The third-order valence-corrected chi connectivity index (χ3v) is 2.25. The van der Waals surface area contributed by atoms with Gasteiger partial charge in [-0.05, 0) is 36.3 Å². The highest BCUT2D eigenvalue weighted by Gasteiger charge is 2.04. The first-order valence-corrected chi connectivity index (χ1v) is 6.28. The van der Waals surface area contributed by atoms with Crippen LogP contribution in [0.2, 0.25) is 5.02 Å². The number of nitrogens with zero attached hydrogens (tertiary/aromatic N) is 1. The van der Waals surface area contributed by atoms with Crippen LogP contribution in [0, 0.1) is 5.92 Å². The molecule has 98 valence electrons. The summed E-state index contributed by atoms with van der Waals surface area (Å²) in [7, 11) is 0. The molecule has 0 bridgehead atoms. The van der Waals surface area contributed by atoms with Gasteiger partial charge in [0.2, 0.25) is 0 Å². The molecule has 18 heavy (non-hydrogen) atoms. The summed E-state index contributed by atoms with van der Waals surface area (Å²) < 4.78 is 5.67. The van der Waals surface area contributed by atoms with Crippen molar-refractivity contribution in [3.63, 3.8) is 0 Å². The summed E-state index contributed by atoms with van der Waals surface area (Å²) in [4.78, 5) is 0. The molecular weight excluding hydrogens is 270 g/mol. The van der Waals surface area contributed by atoms with E-state index in [0.29, 0.717) is 17.5 Å². The normalized spacial score (nSPS) is 10.9. The van der Waals surface area contributed by atoms with E-state index in [-0.39, 0.29) is 5.11 Å². The van der Waals surface area contributed by atoms with Crippen molar-refractivity contribution in [1.29, 1.82) is 0 Å². The first kappa shape index (κ1) is 14.7. The second-order valence-corrected chi connectivity index (χ2v) is 5.00. The molecule has 0 aliphatic rings. The molecule has 0 aliphatic carbocycles. The molecule has 0 fully saturated rings. The maximum absolute atomic E-state index is 5.93. The van der Waals surface area contributed by atoms with Crippen LogP contribution >= 0.6 is 23.8 Å². The number of ether oxygens (including phenoxy) is 1. The molecule has 6 heteroatoms. The third kappa shape index (κ3) is 5.33. The fourth-order valence-corrected chi connectivity index (χ4v) is 1.41. The molecule has 0 aliphatic heterocycles. The number of hydrogen-bond acceptors (Lipinski definition) is 3. The van der Waals surface area contributed by atoms with Crippen LogP contribution < -0.4 is 15.9 Å². The van der Waals surface area contributed by atoms with Crippen molar-refractivity contribution in [3.05, 3.63) is 28.8 Å². The van der Waals surface area contributed by atoms with Gasteiger partial charge in [0.1, 0.15) is 5.75 Å². The molecule has 0 aromatic heterocycles. The molecule has 0 amide bonds. The van der Waals surface area contributed by atoms with Crippen molar-refractivity contribution in [1.82, 2.24) is 5.43 Å².